The molecule has 1 fully saturated rings. The van der Waals surface area contributed by atoms with Crippen LogP contribution in [0.3, 0.4) is 0 Å². The Labute approximate surface area is 194 Å². The molecule has 3 heterocycles. The lowest BCUT2D eigenvalue weighted by atomic mass is 9.98. The van der Waals surface area contributed by atoms with Gasteiger partial charge in [-0.2, -0.15) is 0 Å². The number of H-pyrrole nitrogens is 1. The smallest absolute Gasteiger partial charge is 0.201 e. The van der Waals surface area contributed by atoms with E-state index in [2.05, 4.69) is 44.5 Å². The summed E-state index contributed by atoms with van der Waals surface area (Å²) in [6.45, 7) is 2.72. The number of nitrogens with one attached hydrogen (secondary N) is 2. The van der Waals surface area contributed by atoms with Gasteiger partial charge in [-0.25, -0.2) is 9.38 Å². The number of benzene rings is 2. The molecule has 6 nitrogen and oxygen atoms in total. The summed E-state index contributed by atoms with van der Waals surface area (Å²) in [6, 6.07) is 14.8. The highest BCUT2D eigenvalue weighted by Gasteiger charge is 2.33. The first-order valence-electron chi connectivity index (χ1n) is 11.7. The molecule has 0 spiro atoms. The lowest BCUT2D eigenvalue weighted by molar-refractivity contribution is 0.265. The van der Waals surface area contributed by atoms with E-state index in [0.29, 0.717) is 11.5 Å². The van der Waals surface area contributed by atoms with E-state index in [9.17, 15) is 4.39 Å². The lowest BCUT2D eigenvalue weighted by Crippen LogP contribution is -2.51. The van der Waals surface area contributed by atoms with Crippen LogP contribution in [0.25, 0.3) is 10.9 Å². The van der Waals surface area contributed by atoms with Crippen molar-refractivity contribution in [1.29, 1.82) is 0 Å². The second kappa shape index (κ2) is 8.90. The predicted octanol–water partition coefficient (Wildman–Crippen LogP) is 3.88. The van der Waals surface area contributed by atoms with E-state index < -0.39 is 5.66 Å². The maximum atomic E-state index is 14.0. The number of nitrogens with two attached hydrogens (primary N) is 1. The van der Waals surface area contributed by atoms with E-state index in [1.165, 1.54) is 29.5 Å². The van der Waals surface area contributed by atoms with Gasteiger partial charge < -0.3 is 20.1 Å². The van der Waals surface area contributed by atoms with Crippen LogP contribution in [-0.4, -0.2) is 47.4 Å². The van der Waals surface area contributed by atoms with E-state index in [-0.39, 0.29) is 5.82 Å². The van der Waals surface area contributed by atoms with Crippen LogP contribution in [-0.2, 0) is 12.1 Å². The fourth-order valence-electron chi connectivity index (χ4n) is 4.70. The molecule has 2 aromatic carbocycles. The Morgan fingerprint density at radius 1 is 1.12 bits per heavy atom. The Morgan fingerprint density at radius 3 is 2.76 bits per heavy atom. The van der Waals surface area contributed by atoms with Crippen molar-refractivity contribution in [3.05, 3.63) is 83.6 Å². The van der Waals surface area contributed by atoms with Gasteiger partial charge in [0, 0.05) is 55.4 Å². The van der Waals surface area contributed by atoms with Gasteiger partial charge in [-0.1, -0.05) is 30.3 Å². The molecular weight excluding hydrogens is 415 g/mol. The number of aromatic nitrogens is 1. The van der Waals surface area contributed by atoms with Crippen LogP contribution in [0.4, 0.5) is 4.39 Å². The molecule has 4 N–H and O–H groups in total. The van der Waals surface area contributed by atoms with Crippen LogP contribution in [0.2, 0.25) is 0 Å². The molecule has 172 valence electrons. The molecule has 1 atom stereocenters. The highest BCUT2D eigenvalue weighted by molar-refractivity contribution is 5.84. The minimum absolute atomic E-state index is 0.312. The minimum Gasteiger partial charge on any atom is -0.361 e. The second-order valence-electron chi connectivity index (χ2n) is 9.00. The summed E-state index contributed by atoms with van der Waals surface area (Å²) < 4.78 is 14.0. The largest absolute Gasteiger partial charge is 0.361 e. The Bertz CT molecular complexity index is 1190. The van der Waals surface area contributed by atoms with Crippen molar-refractivity contribution in [2.75, 3.05) is 26.7 Å². The topological polar surface area (TPSA) is 72.7 Å². The summed E-state index contributed by atoms with van der Waals surface area (Å²) in [7, 11) is 2.02. The molecule has 0 radical (unpaired) electrons. The zero-order valence-corrected chi connectivity index (χ0v) is 19.0. The third-order valence-electron chi connectivity index (χ3n) is 6.62. The van der Waals surface area contributed by atoms with Gasteiger partial charge in [-0.05, 0) is 49.4 Å². The number of piperidine rings is 1. The molecule has 1 saturated heterocycles. The van der Waals surface area contributed by atoms with Crippen LogP contribution in [0, 0.1) is 5.82 Å². The molecule has 5 rings (SSSR count). The number of rotatable bonds is 5. The van der Waals surface area contributed by atoms with Crippen molar-refractivity contribution < 1.29 is 4.39 Å². The number of aliphatic imine (C=N–C) groups is 1. The quantitative estimate of drug-likeness (QED) is 0.556. The van der Waals surface area contributed by atoms with Gasteiger partial charge in [-0.15, -0.1) is 0 Å². The summed E-state index contributed by atoms with van der Waals surface area (Å²) >= 11 is 0. The third kappa shape index (κ3) is 4.46. The summed E-state index contributed by atoms with van der Waals surface area (Å²) in [5.41, 5.74) is 8.73. The number of likely N-dealkylation sites (tertiary alicyclic amines) is 1. The molecule has 0 aliphatic carbocycles. The second-order valence-corrected chi connectivity index (χ2v) is 9.00. The molecule has 1 aromatic heterocycles. The van der Waals surface area contributed by atoms with E-state index in [0.717, 1.165) is 50.2 Å². The standard InChI is InChI=1S/C26H31FN6/c1-32(15-12-19-18-29-23-11-4-3-10-22(19)23)25-30-24(33-13-5-2-6-14-33)17-26(28,31-25)20-8-7-9-21(27)16-20/h3-4,7-11,16-18,29H,2,5-6,12-15,28H2,1H3,(H,30,31). The van der Waals surface area contributed by atoms with Crippen LogP contribution >= 0.6 is 0 Å². The van der Waals surface area contributed by atoms with Gasteiger partial charge >= 0.3 is 0 Å². The predicted molar refractivity (Wildman–Crippen MR) is 131 cm³/mol. The number of halogens is 1. The molecule has 0 bridgehead atoms. The van der Waals surface area contributed by atoms with Crippen LogP contribution < -0.4 is 11.1 Å². The van der Waals surface area contributed by atoms with Gasteiger partial charge in [0.1, 0.15) is 11.6 Å². The number of aromatic amines is 1. The van der Waals surface area contributed by atoms with Crippen molar-refractivity contribution in [3.63, 3.8) is 0 Å². The maximum Gasteiger partial charge on any atom is 0.201 e. The Balaban J connectivity index is 1.41. The zero-order valence-electron chi connectivity index (χ0n) is 19.0. The first kappa shape index (κ1) is 21.5. The third-order valence-corrected chi connectivity index (χ3v) is 6.62. The number of fused-ring (bicyclic) bond motifs is 1. The summed E-state index contributed by atoms with van der Waals surface area (Å²) in [6.07, 6.45) is 8.42. The molecule has 33 heavy (non-hydrogen) atoms. The molecule has 2 aliphatic rings. The van der Waals surface area contributed by atoms with E-state index in [1.807, 2.05) is 25.3 Å². The molecule has 0 saturated carbocycles. The van der Waals surface area contributed by atoms with Crippen LogP contribution in [0.1, 0.15) is 30.4 Å². The van der Waals surface area contributed by atoms with Crippen molar-refractivity contribution in [2.45, 2.75) is 31.3 Å². The van der Waals surface area contributed by atoms with Gasteiger partial charge in [0.15, 0.2) is 5.66 Å². The average molecular weight is 447 g/mol. The number of nitrogens with zero attached hydrogens (tertiary/aromatic N) is 3. The van der Waals surface area contributed by atoms with Gasteiger partial charge in [-0.3, -0.25) is 5.73 Å². The Kier molecular flexibility index (Phi) is 5.81. The first-order chi connectivity index (χ1) is 16.0. The van der Waals surface area contributed by atoms with E-state index in [4.69, 9.17) is 10.7 Å². The van der Waals surface area contributed by atoms with Crippen molar-refractivity contribution in [3.8, 4) is 0 Å². The Morgan fingerprint density at radius 2 is 1.94 bits per heavy atom. The number of likely N-dealkylation sites (N-methyl/N-ethyl adjacent to an activating group) is 1. The SMILES string of the molecule is CN(CCc1c[nH]c2ccccc12)C1=NC(N)(c2cccc(F)c2)C=C(N2CCCCC2)N1. The molecule has 3 aromatic rings. The number of hydrogen-bond donors (Lipinski definition) is 3. The fourth-order valence-corrected chi connectivity index (χ4v) is 4.70. The van der Waals surface area contributed by atoms with Crippen LogP contribution in [0.15, 0.2) is 71.6 Å². The van der Waals surface area contributed by atoms with Crippen molar-refractivity contribution in [2.24, 2.45) is 10.7 Å². The number of para-hydroxylation sites is 1. The molecule has 2 aliphatic heterocycles. The monoisotopic (exact) mass is 446 g/mol. The zero-order chi connectivity index (χ0) is 22.8. The van der Waals surface area contributed by atoms with Crippen molar-refractivity contribution >= 4 is 16.9 Å². The molecule has 1 unspecified atom stereocenters. The molecule has 0 amide bonds. The first-order valence-corrected chi connectivity index (χ1v) is 11.7. The van der Waals surface area contributed by atoms with Gasteiger partial charge in [0.05, 0.1) is 0 Å². The summed E-state index contributed by atoms with van der Waals surface area (Å²) in [5.74, 6) is 1.34. The van der Waals surface area contributed by atoms with Crippen molar-refractivity contribution in [1.82, 2.24) is 20.1 Å². The summed E-state index contributed by atoms with van der Waals surface area (Å²) in [5, 5.41) is 4.75. The Hall–Kier alpha value is -3.32. The highest BCUT2D eigenvalue weighted by Crippen LogP contribution is 2.29. The number of hydrogen-bond acceptors (Lipinski definition) is 5. The highest BCUT2D eigenvalue weighted by atomic mass is 19.1. The normalized spacial score (nSPS) is 20.9. The minimum atomic E-state index is -1.13. The fraction of sp³-hybridized carbons (Fsp3) is 0.346. The van der Waals surface area contributed by atoms with E-state index in [1.54, 1.807) is 6.07 Å². The summed E-state index contributed by atoms with van der Waals surface area (Å²) in [4.78, 5) is 12.6. The number of guanidine groups is 1. The van der Waals surface area contributed by atoms with Gasteiger partial charge in [0.2, 0.25) is 5.96 Å². The molecule has 7 heteroatoms. The molecular formula is C26H31FN6. The van der Waals surface area contributed by atoms with E-state index >= 15 is 0 Å². The van der Waals surface area contributed by atoms with Gasteiger partial charge in [0.25, 0.3) is 0 Å². The average Bonchev–Trinajstić information content (AvgIpc) is 3.26. The maximum absolute atomic E-state index is 14.0. The lowest BCUT2D eigenvalue weighted by Gasteiger charge is -2.39. The van der Waals surface area contributed by atoms with Crippen LogP contribution in [0.5, 0.6) is 0 Å².